The predicted molar refractivity (Wildman–Crippen MR) is 103 cm³/mol. The summed E-state index contributed by atoms with van der Waals surface area (Å²) in [6.07, 6.45) is 4.34. The van der Waals surface area contributed by atoms with Crippen molar-refractivity contribution in [3.63, 3.8) is 0 Å². The molecule has 0 atom stereocenters. The van der Waals surface area contributed by atoms with E-state index in [4.69, 9.17) is 0 Å². The van der Waals surface area contributed by atoms with Gasteiger partial charge in [0.1, 0.15) is 0 Å². The number of aliphatic imine (C=N–C) groups is 1. The van der Waals surface area contributed by atoms with E-state index in [1.807, 2.05) is 6.07 Å². The lowest BCUT2D eigenvalue weighted by Crippen LogP contribution is -2.37. The normalized spacial score (nSPS) is 11.9. The maximum Gasteiger partial charge on any atom is 0.305 e. The zero-order chi connectivity index (χ0) is 19.6. The van der Waals surface area contributed by atoms with Crippen LogP contribution in [0.2, 0.25) is 0 Å². The minimum Gasteiger partial charge on any atom is -0.469 e. The molecule has 0 aliphatic rings. The molecule has 146 valence electrons. The Kier molecular flexibility index (Phi) is 9.12. The van der Waals surface area contributed by atoms with Crippen LogP contribution >= 0.6 is 0 Å². The summed E-state index contributed by atoms with van der Waals surface area (Å²) in [5.74, 6) is 0.510. The van der Waals surface area contributed by atoms with Gasteiger partial charge in [0.2, 0.25) is 0 Å². The largest absolute Gasteiger partial charge is 0.469 e. The first-order valence-electron chi connectivity index (χ1n) is 8.59. The highest BCUT2D eigenvalue weighted by molar-refractivity contribution is 7.90. The van der Waals surface area contributed by atoms with Gasteiger partial charge in [0.05, 0.1) is 12.0 Å². The molecule has 0 amide bonds. The molecule has 0 aromatic heterocycles. The number of guanidine groups is 1. The van der Waals surface area contributed by atoms with E-state index < -0.39 is 9.84 Å². The van der Waals surface area contributed by atoms with Crippen LogP contribution in [0.15, 0.2) is 28.1 Å². The second-order valence-electron chi connectivity index (χ2n) is 6.11. The first-order valence-corrected chi connectivity index (χ1v) is 10.5. The molecule has 0 bridgehead atoms. The number of carbonyl (C=O) groups excluding carboxylic acids is 1. The van der Waals surface area contributed by atoms with Crippen LogP contribution in [0.3, 0.4) is 0 Å². The van der Waals surface area contributed by atoms with Crippen LogP contribution in [0.5, 0.6) is 0 Å². The Morgan fingerprint density at radius 2 is 1.92 bits per heavy atom. The summed E-state index contributed by atoms with van der Waals surface area (Å²) in [7, 11) is -0.101. The predicted octanol–water partition coefficient (Wildman–Crippen LogP) is 1.80. The van der Waals surface area contributed by atoms with Crippen molar-refractivity contribution >= 4 is 21.8 Å². The SMILES string of the molecule is CN=C(NCCCCCC(=O)OC)NCc1ccc(S(C)(=O)=O)c(C)c1. The average molecular weight is 384 g/mol. The topological polar surface area (TPSA) is 96.9 Å². The van der Waals surface area contributed by atoms with Gasteiger partial charge in [-0.2, -0.15) is 0 Å². The standard InChI is InChI=1S/C18H29N3O4S/c1-14-12-15(9-10-16(14)26(4,23)24)13-21-18(19-2)20-11-7-5-6-8-17(22)25-3/h9-10,12H,5-8,11,13H2,1-4H3,(H2,19,20,21). The van der Waals surface area contributed by atoms with Crippen molar-refractivity contribution in [2.24, 2.45) is 4.99 Å². The fourth-order valence-electron chi connectivity index (χ4n) is 2.52. The summed E-state index contributed by atoms with van der Waals surface area (Å²) < 4.78 is 27.9. The number of nitrogens with one attached hydrogen (secondary N) is 2. The van der Waals surface area contributed by atoms with Crippen molar-refractivity contribution in [1.82, 2.24) is 10.6 Å². The number of sulfone groups is 1. The Morgan fingerprint density at radius 1 is 1.19 bits per heavy atom. The number of aryl methyl sites for hydroxylation is 1. The minimum atomic E-state index is -3.20. The fourth-order valence-corrected chi connectivity index (χ4v) is 3.48. The Balaban J connectivity index is 2.38. The molecule has 26 heavy (non-hydrogen) atoms. The zero-order valence-corrected chi connectivity index (χ0v) is 16.8. The van der Waals surface area contributed by atoms with Crippen LogP contribution < -0.4 is 10.6 Å². The molecule has 7 nitrogen and oxygen atoms in total. The molecule has 0 unspecified atom stereocenters. The highest BCUT2D eigenvalue weighted by Crippen LogP contribution is 2.16. The van der Waals surface area contributed by atoms with E-state index in [0.29, 0.717) is 23.8 Å². The fraction of sp³-hybridized carbons (Fsp3) is 0.556. The van der Waals surface area contributed by atoms with Gasteiger partial charge in [0.15, 0.2) is 15.8 Å². The molecule has 0 radical (unpaired) electrons. The van der Waals surface area contributed by atoms with Crippen LogP contribution in [-0.4, -0.2) is 47.3 Å². The number of ether oxygens (including phenoxy) is 1. The van der Waals surface area contributed by atoms with E-state index >= 15 is 0 Å². The van der Waals surface area contributed by atoms with E-state index in [-0.39, 0.29) is 5.97 Å². The molecule has 0 aliphatic heterocycles. The van der Waals surface area contributed by atoms with Gasteiger partial charge < -0.3 is 15.4 Å². The molecule has 2 N–H and O–H groups in total. The van der Waals surface area contributed by atoms with E-state index in [2.05, 4.69) is 20.4 Å². The van der Waals surface area contributed by atoms with Crippen molar-refractivity contribution in [3.05, 3.63) is 29.3 Å². The third kappa shape index (κ3) is 7.86. The molecule has 0 fully saturated rings. The smallest absolute Gasteiger partial charge is 0.305 e. The number of unbranched alkanes of at least 4 members (excludes halogenated alkanes) is 2. The highest BCUT2D eigenvalue weighted by Gasteiger charge is 2.10. The first-order chi connectivity index (χ1) is 12.3. The Labute approximate surface area is 156 Å². The summed E-state index contributed by atoms with van der Waals surface area (Å²) in [6, 6.07) is 5.30. The highest BCUT2D eigenvalue weighted by atomic mass is 32.2. The molecule has 8 heteroatoms. The van der Waals surface area contributed by atoms with Crippen molar-refractivity contribution < 1.29 is 17.9 Å². The third-order valence-electron chi connectivity index (χ3n) is 3.90. The average Bonchev–Trinajstić information content (AvgIpc) is 2.59. The lowest BCUT2D eigenvalue weighted by molar-refractivity contribution is -0.140. The van der Waals surface area contributed by atoms with Crippen molar-refractivity contribution in [2.75, 3.05) is 27.0 Å². The minimum absolute atomic E-state index is 0.173. The van der Waals surface area contributed by atoms with Gasteiger partial charge in [0.25, 0.3) is 0 Å². The van der Waals surface area contributed by atoms with Crippen LogP contribution in [0.1, 0.15) is 36.8 Å². The number of hydrogen-bond acceptors (Lipinski definition) is 5. The van der Waals surface area contributed by atoms with Gasteiger partial charge in [-0.25, -0.2) is 8.42 Å². The van der Waals surface area contributed by atoms with Gasteiger partial charge in [-0.3, -0.25) is 9.79 Å². The molecular weight excluding hydrogens is 354 g/mol. The van der Waals surface area contributed by atoms with Crippen molar-refractivity contribution in [1.29, 1.82) is 0 Å². The maximum atomic E-state index is 11.7. The lowest BCUT2D eigenvalue weighted by Gasteiger charge is -2.13. The second-order valence-corrected chi connectivity index (χ2v) is 8.10. The van der Waals surface area contributed by atoms with Gasteiger partial charge in [-0.1, -0.05) is 18.6 Å². The monoisotopic (exact) mass is 383 g/mol. The molecule has 1 aromatic rings. The number of esters is 1. The molecule has 1 rings (SSSR count). The quantitative estimate of drug-likeness (QED) is 0.292. The summed E-state index contributed by atoms with van der Waals surface area (Å²) in [4.78, 5) is 15.5. The van der Waals surface area contributed by atoms with Gasteiger partial charge in [-0.15, -0.1) is 0 Å². The first kappa shape index (κ1) is 22.0. The molecule has 0 saturated carbocycles. The van der Waals surface area contributed by atoms with Gasteiger partial charge in [0, 0.05) is 32.8 Å². The number of methoxy groups -OCH3 is 1. The van der Waals surface area contributed by atoms with E-state index in [1.165, 1.54) is 13.4 Å². The van der Waals surface area contributed by atoms with E-state index in [0.717, 1.165) is 36.9 Å². The van der Waals surface area contributed by atoms with Crippen LogP contribution in [-0.2, 0) is 25.9 Å². The molecule has 0 spiro atoms. The molecule has 1 aromatic carbocycles. The Bertz CT molecular complexity index is 730. The zero-order valence-electron chi connectivity index (χ0n) is 16.0. The summed E-state index contributed by atoms with van der Waals surface area (Å²) in [6.45, 7) is 3.10. The number of benzene rings is 1. The molecule has 0 heterocycles. The van der Waals surface area contributed by atoms with Crippen LogP contribution in [0.4, 0.5) is 0 Å². The van der Waals surface area contributed by atoms with Crippen molar-refractivity contribution in [3.8, 4) is 0 Å². The summed E-state index contributed by atoms with van der Waals surface area (Å²) >= 11 is 0. The lowest BCUT2D eigenvalue weighted by atomic mass is 10.1. The second kappa shape index (κ2) is 10.8. The van der Waals surface area contributed by atoms with E-state index in [9.17, 15) is 13.2 Å². The Hall–Kier alpha value is -2.09. The van der Waals surface area contributed by atoms with Gasteiger partial charge >= 0.3 is 5.97 Å². The molecule has 0 saturated heterocycles. The summed E-state index contributed by atoms with van der Waals surface area (Å²) in [5, 5.41) is 6.42. The maximum absolute atomic E-state index is 11.7. The van der Waals surface area contributed by atoms with E-state index in [1.54, 1.807) is 26.1 Å². The van der Waals surface area contributed by atoms with Gasteiger partial charge in [-0.05, 0) is 37.0 Å². The van der Waals surface area contributed by atoms with Crippen molar-refractivity contribution in [2.45, 2.75) is 44.0 Å². The number of carbonyl (C=O) groups is 1. The van der Waals surface area contributed by atoms with Crippen LogP contribution in [0, 0.1) is 6.92 Å². The number of rotatable bonds is 9. The molecule has 0 aliphatic carbocycles. The molecular formula is C18H29N3O4S. The Morgan fingerprint density at radius 3 is 2.50 bits per heavy atom. The van der Waals surface area contributed by atoms with Crippen LogP contribution in [0.25, 0.3) is 0 Å². The number of nitrogens with zero attached hydrogens (tertiary/aromatic N) is 1. The number of hydrogen-bond donors (Lipinski definition) is 2. The summed E-state index contributed by atoms with van der Waals surface area (Å²) in [5.41, 5.74) is 1.72. The third-order valence-corrected chi connectivity index (χ3v) is 5.16.